The first-order chi connectivity index (χ1) is 28.4. The van der Waals surface area contributed by atoms with Gasteiger partial charge < -0.3 is 4.43 Å². The third-order valence-corrected chi connectivity index (χ3v) is 19.2. The highest BCUT2D eigenvalue weighted by atomic mass is 28.4. The van der Waals surface area contributed by atoms with Crippen LogP contribution in [0.5, 0.6) is 0 Å². The maximum atomic E-state index is 8.01. The molecule has 0 saturated heterocycles. The van der Waals surface area contributed by atoms with E-state index in [2.05, 4.69) is 124 Å². The van der Waals surface area contributed by atoms with E-state index in [1.165, 1.54) is 141 Å². The van der Waals surface area contributed by atoms with Crippen molar-refractivity contribution in [2.45, 2.75) is 38.8 Å². The number of hydrogen-bond donors (Lipinski definition) is 0. The van der Waals surface area contributed by atoms with E-state index in [0.717, 1.165) is 0 Å². The minimum absolute atomic E-state index is 0.0325. The van der Waals surface area contributed by atoms with E-state index in [1.807, 2.05) is 0 Å². The summed E-state index contributed by atoms with van der Waals surface area (Å²) in [6, 6.07) is 38.4. The molecule has 0 fully saturated rings. The van der Waals surface area contributed by atoms with Gasteiger partial charge in [0.2, 0.25) is 0 Å². The maximum Gasteiger partial charge on any atom is 0.276 e. The molecule has 0 radical (unpaired) electrons. The van der Waals surface area contributed by atoms with E-state index in [9.17, 15) is 0 Å². The van der Waals surface area contributed by atoms with Crippen LogP contribution >= 0.6 is 0 Å². The van der Waals surface area contributed by atoms with Crippen LogP contribution in [0, 0.1) is 13.8 Å². The van der Waals surface area contributed by atoms with Gasteiger partial charge in [0.25, 0.3) is 8.32 Å². The van der Waals surface area contributed by atoms with E-state index >= 15 is 0 Å². The molecule has 1 nitrogen and oxygen atoms in total. The molecule has 0 spiro atoms. The summed E-state index contributed by atoms with van der Waals surface area (Å²) in [6.45, 7) is 9.38. The number of rotatable bonds is 4. The Bertz CT molecular complexity index is 4430. The Kier molecular flexibility index (Phi) is 3.86. The second-order valence-corrected chi connectivity index (χ2v) is 23.0. The summed E-state index contributed by atoms with van der Waals surface area (Å²) < 4.78 is 8.01. The molecule has 3 aliphatic rings. The van der Waals surface area contributed by atoms with Crippen molar-refractivity contribution < 1.29 is 4.43 Å². The van der Waals surface area contributed by atoms with Gasteiger partial charge in [-0.25, -0.2) is 0 Å². The van der Waals surface area contributed by atoms with Crippen molar-refractivity contribution >= 4 is 148 Å². The molecule has 2 heteroatoms. The molecule has 58 heavy (non-hydrogen) atoms. The highest BCUT2D eigenvalue weighted by Crippen LogP contribution is 2.72. The van der Waals surface area contributed by atoms with Gasteiger partial charge in [-0.1, -0.05) is 97.1 Å². The summed E-state index contributed by atoms with van der Waals surface area (Å²) >= 11 is 0. The van der Waals surface area contributed by atoms with E-state index in [-0.39, 0.29) is 11.8 Å². The molecule has 15 aromatic carbocycles. The monoisotopic (exact) mass is 746 g/mol. The molecule has 3 aliphatic carbocycles. The topological polar surface area (TPSA) is 9.23 Å². The van der Waals surface area contributed by atoms with Crippen LogP contribution in [0.15, 0.2) is 103 Å². The van der Waals surface area contributed by atoms with Crippen LogP contribution < -0.4 is 5.19 Å². The number of allylic oxidation sites excluding steroid dienone is 2. The van der Waals surface area contributed by atoms with Crippen molar-refractivity contribution in [1.29, 1.82) is 0 Å². The molecule has 0 heterocycles. The second kappa shape index (κ2) is 7.99. The molecule has 0 amide bonds. The zero-order chi connectivity index (χ0) is 37.3. The van der Waals surface area contributed by atoms with Gasteiger partial charge in [-0.05, 0) is 200 Å². The quantitative estimate of drug-likeness (QED) is 0.129. The van der Waals surface area contributed by atoms with Gasteiger partial charge in [-0.15, -0.1) is 0 Å². The lowest BCUT2D eigenvalue weighted by Gasteiger charge is -2.38. The fraction of sp³-hybridized carbons (Fsp3) is 0.107. The summed E-state index contributed by atoms with van der Waals surface area (Å²) in [5.41, 5.74) is 11.4. The van der Waals surface area contributed by atoms with Gasteiger partial charge in [0.1, 0.15) is 0 Å². The molecule has 0 aliphatic heterocycles. The zero-order valence-electron chi connectivity index (χ0n) is 32.3. The van der Waals surface area contributed by atoms with E-state index in [1.54, 1.807) is 43.4 Å². The van der Waals surface area contributed by atoms with Gasteiger partial charge in [0.15, 0.2) is 0 Å². The zero-order valence-corrected chi connectivity index (χ0v) is 33.3. The van der Waals surface area contributed by atoms with Gasteiger partial charge in [0, 0.05) is 11.5 Å². The minimum Gasteiger partial charge on any atom is -0.542 e. The first-order valence-corrected chi connectivity index (χ1v) is 24.1. The first kappa shape index (κ1) is 28.0. The lowest BCUT2D eigenvalue weighted by Crippen LogP contribution is -2.45. The summed E-state index contributed by atoms with van der Waals surface area (Å²) in [7, 11) is -2.48. The third kappa shape index (κ3) is 2.38. The van der Waals surface area contributed by atoms with Crippen LogP contribution in [0.3, 0.4) is 0 Å². The Morgan fingerprint density at radius 1 is 0.397 bits per heavy atom. The van der Waals surface area contributed by atoms with Gasteiger partial charge in [0.05, 0.1) is 11.7 Å². The predicted octanol–water partition coefficient (Wildman–Crippen LogP) is 14.5. The molecule has 0 bridgehead atoms. The normalized spacial score (nSPS) is 18.3. The van der Waals surface area contributed by atoms with Crippen LogP contribution in [0.25, 0.3) is 135 Å². The molecular formula is C56H30OSi. The van der Waals surface area contributed by atoms with E-state index in [4.69, 9.17) is 4.43 Å². The fourth-order valence-corrected chi connectivity index (χ4v) is 16.6. The van der Waals surface area contributed by atoms with Crippen LogP contribution in [0.1, 0.15) is 50.8 Å². The molecule has 2 atom stereocenters. The molecule has 15 aromatic rings. The van der Waals surface area contributed by atoms with Crippen LogP contribution in [-0.4, -0.2) is 8.32 Å². The minimum atomic E-state index is -2.48. The Morgan fingerprint density at radius 3 is 1.34 bits per heavy atom. The lowest BCUT2D eigenvalue weighted by molar-refractivity contribution is 0.397. The van der Waals surface area contributed by atoms with Gasteiger partial charge in [-0.3, -0.25) is 0 Å². The SMILES string of the molecule is Cc1ccc(C2=C(O[Si](C)(C)c3ccccc3)C3c4ccc5c6ccc7c8ccc9c%10ccc%11c%12c%13c(c3c3c4c5c4c6c7c5c8c9c(c%10%12)c6c%13c3c4c56)C2%11)cc1C. The smallest absolute Gasteiger partial charge is 0.276 e. The van der Waals surface area contributed by atoms with Crippen LogP contribution in [-0.2, 0) is 4.43 Å². The Labute approximate surface area is 331 Å². The molecule has 2 unspecified atom stereocenters. The molecule has 0 N–H and O–H groups in total. The average molecular weight is 747 g/mol. The number of benzene rings is 11. The highest BCUT2D eigenvalue weighted by molar-refractivity contribution is 6.84. The average Bonchev–Trinajstić information content (AvgIpc) is 4.07. The summed E-state index contributed by atoms with van der Waals surface area (Å²) in [5.74, 6) is 1.32. The standard InChI is InChI=1S/C56H30OSi/c1-21-10-11-23(20-22(21)2)33-40-31-18-16-29-27-14-12-25-26-13-15-28-30-17-19-32-42-39(30)46-37(28)35(26)44-34(25)36(27)45-38(29)41(31)48-47(40)50(49(42)55-53(46)51(44)52(45)54(48)55)43(32)56(33)57-58(3,4)24-8-6-5-7-9-24/h5-20,40,43H,1-4H3. The number of hydrogen-bond acceptors (Lipinski definition) is 1. The molecule has 0 saturated carbocycles. The predicted molar refractivity (Wildman–Crippen MR) is 248 cm³/mol. The van der Waals surface area contributed by atoms with Crippen molar-refractivity contribution in [2.75, 3.05) is 0 Å². The Hall–Kier alpha value is -6.48. The van der Waals surface area contributed by atoms with Crippen molar-refractivity contribution in [3.63, 3.8) is 0 Å². The molecule has 0 aromatic heterocycles. The third-order valence-electron chi connectivity index (χ3n) is 16.8. The van der Waals surface area contributed by atoms with Gasteiger partial charge in [-0.2, -0.15) is 0 Å². The first-order valence-electron chi connectivity index (χ1n) is 21.2. The fourth-order valence-electron chi connectivity index (χ4n) is 14.7. The summed E-state index contributed by atoms with van der Waals surface area (Å²) in [4.78, 5) is 0. The Balaban J connectivity index is 1.17. The Morgan fingerprint density at radius 2 is 0.828 bits per heavy atom. The summed E-state index contributed by atoms with van der Waals surface area (Å²) in [6.07, 6.45) is 0. The van der Waals surface area contributed by atoms with Gasteiger partial charge >= 0.3 is 0 Å². The highest BCUT2D eigenvalue weighted by Gasteiger charge is 2.51. The number of aryl methyl sites for hydroxylation is 2. The number of fused-ring (bicyclic) bond motifs is 5. The second-order valence-electron chi connectivity index (χ2n) is 19.2. The van der Waals surface area contributed by atoms with Crippen molar-refractivity contribution in [1.82, 2.24) is 0 Å². The summed E-state index contributed by atoms with van der Waals surface area (Å²) in [5, 5.41) is 37.5. The molecule has 264 valence electrons. The molecular weight excluding hydrogens is 717 g/mol. The molecule has 18 rings (SSSR count). The maximum absolute atomic E-state index is 8.01. The van der Waals surface area contributed by atoms with Crippen LogP contribution in [0.4, 0.5) is 0 Å². The van der Waals surface area contributed by atoms with E-state index < -0.39 is 8.32 Å². The van der Waals surface area contributed by atoms with E-state index in [0.29, 0.717) is 0 Å². The largest absolute Gasteiger partial charge is 0.542 e. The van der Waals surface area contributed by atoms with Crippen molar-refractivity contribution in [3.8, 4) is 0 Å². The van der Waals surface area contributed by atoms with Crippen molar-refractivity contribution in [2.24, 2.45) is 0 Å². The van der Waals surface area contributed by atoms with Crippen molar-refractivity contribution in [3.05, 3.63) is 142 Å². The lowest BCUT2D eigenvalue weighted by atomic mass is 9.72. The van der Waals surface area contributed by atoms with Crippen LogP contribution in [0.2, 0.25) is 13.1 Å².